The summed E-state index contributed by atoms with van der Waals surface area (Å²) < 4.78 is 16.4. The molecule has 29 heavy (non-hydrogen) atoms. The molecule has 1 aliphatic heterocycles. The van der Waals surface area contributed by atoms with E-state index in [0.29, 0.717) is 43.4 Å². The van der Waals surface area contributed by atoms with Crippen LogP contribution in [0.2, 0.25) is 0 Å². The monoisotopic (exact) mass is 398 g/mol. The van der Waals surface area contributed by atoms with E-state index in [2.05, 4.69) is 5.32 Å². The first-order valence-corrected chi connectivity index (χ1v) is 9.58. The number of hydrogen-bond donors (Lipinski definition) is 1. The zero-order valence-electron chi connectivity index (χ0n) is 16.7. The number of carbonyl (C=O) groups is 2. The largest absolute Gasteiger partial charge is 0.491 e. The molecule has 0 saturated carbocycles. The van der Waals surface area contributed by atoms with Crippen LogP contribution in [0.25, 0.3) is 0 Å². The van der Waals surface area contributed by atoms with Crippen molar-refractivity contribution in [2.24, 2.45) is 0 Å². The first-order chi connectivity index (χ1) is 14.1. The lowest BCUT2D eigenvalue weighted by Gasteiger charge is -2.26. The van der Waals surface area contributed by atoms with E-state index < -0.39 is 0 Å². The second kappa shape index (κ2) is 9.93. The third kappa shape index (κ3) is 5.48. The van der Waals surface area contributed by atoms with Gasteiger partial charge in [-0.3, -0.25) is 9.59 Å². The molecular formula is C22H26N2O5. The molecule has 0 fully saturated rings. The Hall–Kier alpha value is -3.06. The van der Waals surface area contributed by atoms with Crippen LogP contribution in [0.5, 0.6) is 11.5 Å². The van der Waals surface area contributed by atoms with E-state index in [4.69, 9.17) is 14.2 Å². The van der Waals surface area contributed by atoms with Crippen molar-refractivity contribution in [2.75, 3.05) is 33.5 Å². The van der Waals surface area contributed by atoms with Gasteiger partial charge in [0.15, 0.2) is 6.61 Å². The Labute approximate surface area is 170 Å². The summed E-state index contributed by atoms with van der Waals surface area (Å²) >= 11 is 0. The second-order valence-corrected chi connectivity index (χ2v) is 6.85. The van der Waals surface area contributed by atoms with Gasteiger partial charge in [-0.1, -0.05) is 18.2 Å². The number of nitrogens with one attached hydrogen (secondary N) is 1. The van der Waals surface area contributed by atoms with E-state index in [1.165, 1.54) is 0 Å². The second-order valence-electron chi connectivity index (χ2n) is 6.85. The number of hydrogen-bond acceptors (Lipinski definition) is 5. The van der Waals surface area contributed by atoms with E-state index >= 15 is 0 Å². The Morgan fingerprint density at radius 3 is 2.76 bits per heavy atom. The number of methoxy groups -OCH3 is 1. The Balaban J connectivity index is 1.69. The molecular weight excluding hydrogens is 372 g/mol. The van der Waals surface area contributed by atoms with E-state index in [1.54, 1.807) is 30.2 Å². The minimum atomic E-state index is -0.188. The fraction of sp³-hybridized carbons (Fsp3) is 0.364. The van der Waals surface area contributed by atoms with Gasteiger partial charge in [0.2, 0.25) is 0 Å². The molecule has 0 spiro atoms. The molecule has 1 heterocycles. The third-order valence-corrected chi connectivity index (χ3v) is 4.69. The predicted octanol–water partition coefficient (Wildman–Crippen LogP) is 2.25. The van der Waals surface area contributed by atoms with E-state index in [-0.39, 0.29) is 24.5 Å². The molecule has 2 amide bonds. The molecule has 0 radical (unpaired) electrons. The lowest BCUT2D eigenvalue weighted by atomic mass is 10.1. The minimum Gasteiger partial charge on any atom is -0.491 e. The highest BCUT2D eigenvalue weighted by molar-refractivity contribution is 5.94. The summed E-state index contributed by atoms with van der Waals surface area (Å²) in [5, 5.41) is 2.80. The molecule has 0 saturated heterocycles. The van der Waals surface area contributed by atoms with Crippen molar-refractivity contribution in [3.63, 3.8) is 0 Å². The summed E-state index contributed by atoms with van der Waals surface area (Å²) in [7, 11) is 1.58. The summed E-state index contributed by atoms with van der Waals surface area (Å²) in [6.07, 6.45) is 0. The molecule has 2 aromatic rings. The molecule has 2 aromatic carbocycles. The van der Waals surface area contributed by atoms with Crippen molar-refractivity contribution in [3.05, 3.63) is 59.7 Å². The fourth-order valence-corrected chi connectivity index (χ4v) is 3.07. The van der Waals surface area contributed by atoms with Gasteiger partial charge < -0.3 is 24.4 Å². The van der Waals surface area contributed by atoms with Crippen molar-refractivity contribution < 1.29 is 23.8 Å². The van der Waals surface area contributed by atoms with Gasteiger partial charge in [-0.2, -0.15) is 0 Å². The number of carbonyl (C=O) groups excluding carboxylic acids is 2. The fourth-order valence-electron chi connectivity index (χ4n) is 3.07. The Morgan fingerprint density at radius 1 is 1.21 bits per heavy atom. The van der Waals surface area contributed by atoms with Crippen molar-refractivity contribution in [2.45, 2.75) is 19.5 Å². The zero-order chi connectivity index (χ0) is 20.6. The Bertz CT molecular complexity index is 840. The zero-order valence-corrected chi connectivity index (χ0v) is 16.7. The Morgan fingerprint density at radius 2 is 2.00 bits per heavy atom. The van der Waals surface area contributed by atoms with E-state index in [1.807, 2.05) is 37.3 Å². The summed E-state index contributed by atoms with van der Waals surface area (Å²) in [6.45, 7) is 3.49. The summed E-state index contributed by atoms with van der Waals surface area (Å²) in [5.41, 5.74) is 1.31. The quantitative estimate of drug-likeness (QED) is 0.724. The van der Waals surface area contributed by atoms with Gasteiger partial charge in [0, 0.05) is 31.3 Å². The number of nitrogens with zero attached hydrogens (tertiary/aromatic N) is 1. The molecule has 1 aliphatic rings. The first kappa shape index (κ1) is 20.7. The minimum absolute atomic E-state index is 0.0547. The average Bonchev–Trinajstić information content (AvgIpc) is 2.91. The molecule has 0 unspecified atom stereocenters. The topological polar surface area (TPSA) is 77.1 Å². The first-order valence-electron chi connectivity index (χ1n) is 9.58. The molecule has 3 rings (SSSR count). The molecule has 0 aromatic heterocycles. The number of amides is 2. The molecule has 7 heteroatoms. The number of benzene rings is 2. The molecule has 0 bridgehead atoms. The number of ether oxygens (including phenoxy) is 3. The summed E-state index contributed by atoms with van der Waals surface area (Å²) in [5.74, 6) is 1.01. The molecule has 1 N–H and O–H groups in total. The highest BCUT2D eigenvalue weighted by Gasteiger charge is 2.26. The van der Waals surface area contributed by atoms with Crippen LogP contribution in [0.1, 0.15) is 22.8 Å². The van der Waals surface area contributed by atoms with Crippen molar-refractivity contribution in [3.8, 4) is 11.5 Å². The predicted molar refractivity (Wildman–Crippen MR) is 108 cm³/mol. The van der Waals surface area contributed by atoms with Crippen molar-refractivity contribution >= 4 is 11.8 Å². The Kier molecular flexibility index (Phi) is 7.08. The average molecular weight is 398 g/mol. The van der Waals surface area contributed by atoms with Crippen LogP contribution in [0, 0.1) is 0 Å². The maximum absolute atomic E-state index is 12.8. The van der Waals surface area contributed by atoms with Crippen LogP contribution >= 0.6 is 0 Å². The third-order valence-electron chi connectivity index (χ3n) is 4.69. The maximum atomic E-state index is 12.8. The molecule has 1 atom stereocenters. The number of fused-ring (bicyclic) bond motifs is 1. The van der Waals surface area contributed by atoms with Gasteiger partial charge in [-0.15, -0.1) is 0 Å². The number of para-hydroxylation sites is 1. The van der Waals surface area contributed by atoms with E-state index in [0.717, 1.165) is 5.56 Å². The van der Waals surface area contributed by atoms with Crippen LogP contribution in [-0.2, 0) is 16.1 Å². The van der Waals surface area contributed by atoms with Crippen LogP contribution in [-0.4, -0.2) is 56.2 Å². The van der Waals surface area contributed by atoms with E-state index in [9.17, 15) is 9.59 Å². The molecule has 154 valence electrons. The summed E-state index contributed by atoms with van der Waals surface area (Å²) in [4.78, 5) is 26.8. The molecule has 0 aliphatic carbocycles. The normalized spacial score (nSPS) is 15.7. The van der Waals surface area contributed by atoms with Gasteiger partial charge in [0.25, 0.3) is 11.8 Å². The van der Waals surface area contributed by atoms with Gasteiger partial charge in [-0.05, 0) is 37.3 Å². The van der Waals surface area contributed by atoms with Crippen molar-refractivity contribution in [1.82, 2.24) is 10.2 Å². The van der Waals surface area contributed by atoms with Crippen LogP contribution in [0.15, 0.2) is 48.5 Å². The SMILES string of the molecule is COCCNC(=O)c1ccc2c(c1)CN(C(=O)COc1ccccc1)[C@@H](C)CO2. The van der Waals surface area contributed by atoms with Gasteiger partial charge in [-0.25, -0.2) is 0 Å². The van der Waals surface area contributed by atoms with Crippen LogP contribution < -0.4 is 14.8 Å². The highest BCUT2D eigenvalue weighted by Crippen LogP contribution is 2.26. The standard InChI is InChI=1S/C22H26N2O5/c1-16-14-29-20-9-8-17(22(26)23-10-11-27-2)12-18(20)13-24(16)21(25)15-28-19-6-4-3-5-7-19/h3-9,12,16H,10-11,13-15H2,1-2H3,(H,23,26)/t16-/m0/s1. The van der Waals surface area contributed by atoms with Gasteiger partial charge in [0.1, 0.15) is 18.1 Å². The van der Waals surface area contributed by atoms with Gasteiger partial charge >= 0.3 is 0 Å². The number of rotatable bonds is 7. The lowest BCUT2D eigenvalue weighted by molar-refractivity contribution is -0.136. The smallest absolute Gasteiger partial charge is 0.261 e. The maximum Gasteiger partial charge on any atom is 0.261 e. The summed E-state index contributed by atoms with van der Waals surface area (Å²) in [6, 6.07) is 14.4. The highest BCUT2D eigenvalue weighted by atomic mass is 16.5. The van der Waals surface area contributed by atoms with Crippen LogP contribution in [0.3, 0.4) is 0 Å². The van der Waals surface area contributed by atoms with Crippen molar-refractivity contribution in [1.29, 1.82) is 0 Å². The lowest BCUT2D eigenvalue weighted by Crippen LogP contribution is -2.42. The van der Waals surface area contributed by atoms with Crippen LogP contribution in [0.4, 0.5) is 0 Å². The molecule has 7 nitrogen and oxygen atoms in total. The van der Waals surface area contributed by atoms with Gasteiger partial charge in [0.05, 0.1) is 12.6 Å².